The van der Waals surface area contributed by atoms with Gasteiger partial charge in [-0.3, -0.25) is 0 Å². The molecular formula is C7H3F3IN2+. The van der Waals surface area contributed by atoms with Crippen LogP contribution in [0.2, 0.25) is 0 Å². The highest BCUT2D eigenvalue weighted by atomic mass is 127. The Bertz CT molecular complexity index is 367. The Labute approximate surface area is 85.5 Å². The molecule has 0 saturated heterocycles. The number of benzene rings is 1. The molecule has 0 fully saturated rings. The van der Waals surface area contributed by atoms with Gasteiger partial charge in [0.1, 0.15) is 3.57 Å². The molecule has 0 bridgehead atoms. The van der Waals surface area contributed by atoms with Crippen LogP contribution in [0, 0.1) is 8.96 Å². The maximum absolute atomic E-state index is 12.1. The van der Waals surface area contributed by atoms with Gasteiger partial charge in [-0.15, -0.1) is 0 Å². The van der Waals surface area contributed by atoms with Crippen molar-refractivity contribution in [2.45, 2.75) is 6.18 Å². The first kappa shape index (κ1) is 10.2. The molecule has 0 radical (unpaired) electrons. The first-order valence-corrected chi connectivity index (χ1v) is 4.25. The third-order valence-corrected chi connectivity index (χ3v) is 2.29. The second kappa shape index (κ2) is 3.49. The minimum atomic E-state index is -4.40. The normalized spacial score (nSPS) is 11.0. The molecule has 0 unspecified atom stereocenters. The summed E-state index contributed by atoms with van der Waals surface area (Å²) in [6.07, 6.45) is -4.40. The SMILES string of the molecule is N#[N+]c1cc(C(F)(F)F)ccc1I. The average Bonchev–Trinajstić information content (AvgIpc) is 2.03. The van der Waals surface area contributed by atoms with Crippen LogP contribution in [0.25, 0.3) is 4.98 Å². The monoisotopic (exact) mass is 299 g/mol. The quantitative estimate of drug-likeness (QED) is 0.529. The first-order valence-electron chi connectivity index (χ1n) is 3.17. The highest BCUT2D eigenvalue weighted by molar-refractivity contribution is 14.1. The topological polar surface area (TPSA) is 28.1 Å². The molecule has 0 saturated carbocycles. The average molecular weight is 299 g/mol. The molecule has 1 aromatic carbocycles. The summed E-state index contributed by atoms with van der Waals surface area (Å²) >= 11 is 1.78. The van der Waals surface area contributed by atoms with E-state index in [4.69, 9.17) is 5.39 Å². The fraction of sp³-hybridized carbons (Fsp3) is 0.143. The van der Waals surface area contributed by atoms with E-state index in [2.05, 4.69) is 4.98 Å². The lowest BCUT2D eigenvalue weighted by molar-refractivity contribution is -0.137. The molecule has 1 rings (SSSR count). The lowest BCUT2D eigenvalue weighted by Gasteiger charge is -2.03. The summed E-state index contributed by atoms with van der Waals surface area (Å²) in [5.74, 6) is 0. The van der Waals surface area contributed by atoms with Crippen molar-refractivity contribution in [2.75, 3.05) is 0 Å². The van der Waals surface area contributed by atoms with Crippen LogP contribution in [-0.2, 0) is 6.18 Å². The molecule has 68 valence electrons. The van der Waals surface area contributed by atoms with Gasteiger partial charge in [-0.25, -0.2) is 0 Å². The van der Waals surface area contributed by atoms with Crippen LogP contribution in [-0.4, -0.2) is 0 Å². The van der Waals surface area contributed by atoms with Gasteiger partial charge in [-0.1, -0.05) is 0 Å². The van der Waals surface area contributed by atoms with E-state index in [1.807, 2.05) is 0 Å². The molecule has 0 aliphatic rings. The first-order chi connectivity index (χ1) is 5.95. The molecule has 1 aromatic rings. The lowest BCUT2D eigenvalue weighted by atomic mass is 10.2. The standard InChI is InChI=1S/C7H3F3IN2/c8-7(9,10)4-1-2-5(11)6(3-4)13-12/h1-3H/q+1. The highest BCUT2D eigenvalue weighted by Gasteiger charge is 2.32. The molecule has 0 N–H and O–H groups in total. The van der Waals surface area contributed by atoms with Crippen LogP contribution >= 0.6 is 22.6 Å². The molecule has 6 heteroatoms. The van der Waals surface area contributed by atoms with Crippen molar-refractivity contribution < 1.29 is 13.2 Å². The number of rotatable bonds is 0. The van der Waals surface area contributed by atoms with Crippen molar-refractivity contribution >= 4 is 28.3 Å². The number of hydrogen-bond acceptors (Lipinski definition) is 1. The molecular weight excluding hydrogens is 296 g/mol. The van der Waals surface area contributed by atoms with Crippen molar-refractivity contribution in [1.82, 2.24) is 0 Å². The predicted octanol–water partition coefficient (Wildman–Crippen LogP) is 3.79. The minimum absolute atomic E-state index is 0.0737. The van der Waals surface area contributed by atoms with E-state index in [-0.39, 0.29) is 5.69 Å². The van der Waals surface area contributed by atoms with Gasteiger partial charge < -0.3 is 0 Å². The van der Waals surface area contributed by atoms with E-state index in [9.17, 15) is 13.2 Å². The zero-order valence-electron chi connectivity index (χ0n) is 6.14. The lowest BCUT2D eigenvalue weighted by Crippen LogP contribution is -2.04. The van der Waals surface area contributed by atoms with Gasteiger partial charge in [0.05, 0.1) is 5.56 Å². The maximum atomic E-state index is 12.1. The molecule has 0 aliphatic heterocycles. The zero-order valence-corrected chi connectivity index (χ0v) is 8.30. The van der Waals surface area contributed by atoms with Crippen LogP contribution in [0.1, 0.15) is 5.56 Å². The number of nitrogens with zero attached hydrogens (tertiary/aromatic N) is 2. The summed E-state index contributed by atoms with van der Waals surface area (Å²) in [5, 5.41) is 8.36. The number of halogens is 4. The number of diazo groups is 1. The Morgan fingerprint density at radius 2 is 1.92 bits per heavy atom. The highest BCUT2D eigenvalue weighted by Crippen LogP contribution is 2.33. The predicted molar refractivity (Wildman–Crippen MR) is 48.9 cm³/mol. The summed E-state index contributed by atoms with van der Waals surface area (Å²) < 4.78 is 36.8. The molecule has 0 aliphatic carbocycles. The summed E-state index contributed by atoms with van der Waals surface area (Å²) in [6, 6.07) is 2.98. The van der Waals surface area contributed by atoms with Gasteiger partial charge in [0.2, 0.25) is 5.39 Å². The van der Waals surface area contributed by atoms with Gasteiger partial charge in [-0.05, 0) is 34.7 Å². The molecule has 0 spiro atoms. The molecule has 13 heavy (non-hydrogen) atoms. The van der Waals surface area contributed by atoms with Crippen LogP contribution < -0.4 is 0 Å². The van der Waals surface area contributed by atoms with Gasteiger partial charge >= 0.3 is 11.9 Å². The number of alkyl halides is 3. The molecule has 0 heterocycles. The van der Waals surface area contributed by atoms with Crippen LogP contribution in [0.4, 0.5) is 18.9 Å². The van der Waals surface area contributed by atoms with Crippen LogP contribution in [0.3, 0.4) is 0 Å². The van der Waals surface area contributed by atoms with Crippen molar-refractivity contribution in [3.63, 3.8) is 0 Å². The number of hydrogen-bond donors (Lipinski definition) is 0. The Morgan fingerprint density at radius 1 is 1.31 bits per heavy atom. The van der Waals surface area contributed by atoms with E-state index in [0.717, 1.165) is 12.1 Å². The van der Waals surface area contributed by atoms with Crippen molar-refractivity contribution in [3.05, 3.63) is 32.3 Å². The van der Waals surface area contributed by atoms with Gasteiger partial charge in [0.15, 0.2) is 4.98 Å². The van der Waals surface area contributed by atoms with Crippen molar-refractivity contribution in [3.8, 4) is 0 Å². The Hall–Kier alpha value is -0.840. The fourth-order valence-electron chi connectivity index (χ4n) is 0.766. The second-order valence-electron chi connectivity index (χ2n) is 2.26. The van der Waals surface area contributed by atoms with Gasteiger partial charge in [0, 0.05) is 6.07 Å². The van der Waals surface area contributed by atoms with Gasteiger partial charge in [0.25, 0.3) is 0 Å². The maximum Gasteiger partial charge on any atom is 0.416 e. The molecule has 2 nitrogen and oxygen atoms in total. The van der Waals surface area contributed by atoms with Crippen LogP contribution in [0.5, 0.6) is 0 Å². The zero-order chi connectivity index (χ0) is 10.1. The van der Waals surface area contributed by atoms with E-state index < -0.39 is 11.7 Å². The minimum Gasteiger partial charge on any atom is -0.166 e. The molecule has 0 aromatic heterocycles. The molecule has 0 atom stereocenters. The molecule has 0 amide bonds. The smallest absolute Gasteiger partial charge is 0.166 e. The van der Waals surface area contributed by atoms with Crippen LogP contribution in [0.15, 0.2) is 18.2 Å². The summed E-state index contributed by atoms with van der Waals surface area (Å²) in [6.45, 7) is 0. The van der Waals surface area contributed by atoms with Crippen molar-refractivity contribution in [2.24, 2.45) is 0 Å². The fourth-order valence-corrected chi connectivity index (χ4v) is 1.21. The van der Waals surface area contributed by atoms with E-state index in [1.54, 1.807) is 22.6 Å². The summed E-state index contributed by atoms with van der Waals surface area (Å²) in [7, 11) is 0. The summed E-state index contributed by atoms with van der Waals surface area (Å²) in [5.41, 5.74) is -0.892. The Kier molecular flexibility index (Phi) is 2.75. The largest absolute Gasteiger partial charge is 0.416 e. The van der Waals surface area contributed by atoms with Crippen molar-refractivity contribution in [1.29, 1.82) is 5.39 Å². The Morgan fingerprint density at radius 3 is 2.38 bits per heavy atom. The third-order valence-electron chi connectivity index (χ3n) is 1.38. The Balaban J connectivity index is 3.24. The summed E-state index contributed by atoms with van der Waals surface area (Å²) in [4.78, 5) is 2.74. The van der Waals surface area contributed by atoms with E-state index >= 15 is 0 Å². The van der Waals surface area contributed by atoms with E-state index in [1.165, 1.54) is 6.07 Å². The second-order valence-corrected chi connectivity index (χ2v) is 3.43. The third kappa shape index (κ3) is 2.30. The van der Waals surface area contributed by atoms with Gasteiger partial charge in [-0.2, -0.15) is 13.2 Å². The van der Waals surface area contributed by atoms with E-state index in [0.29, 0.717) is 3.57 Å².